The number of fused-ring (bicyclic) bond motifs is 3. The fourth-order valence-electron chi connectivity index (χ4n) is 5.53. The lowest BCUT2D eigenvalue weighted by atomic mass is 9.92. The number of alkyl carbamates (subject to hydrolysis) is 1. The zero-order valence-corrected chi connectivity index (χ0v) is 21.6. The molecule has 1 fully saturated rings. The summed E-state index contributed by atoms with van der Waals surface area (Å²) in [5.41, 5.74) is 5.44. The smallest absolute Gasteiger partial charge is 0.407 e. The molecule has 0 bridgehead atoms. The third-order valence-electron chi connectivity index (χ3n) is 7.45. The number of carbonyl (C=O) groups excluding carboxylic acids is 2. The highest BCUT2D eigenvalue weighted by Gasteiger charge is 2.33. The molecule has 1 saturated heterocycles. The van der Waals surface area contributed by atoms with Gasteiger partial charge in [0.1, 0.15) is 13.2 Å². The van der Waals surface area contributed by atoms with Gasteiger partial charge in [0.05, 0.1) is 6.61 Å². The third kappa shape index (κ3) is 6.29. The van der Waals surface area contributed by atoms with Crippen LogP contribution in [-0.2, 0) is 25.6 Å². The molecule has 8 heteroatoms. The predicted octanol–water partition coefficient (Wildman–Crippen LogP) is 4.43. The lowest BCUT2D eigenvalue weighted by Gasteiger charge is -2.33. The van der Waals surface area contributed by atoms with E-state index in [9.17, 15) is 19.5 Å². The van der Waals surface area contributed by atoms with E-state index in [2.05, 4.69) is 29.6 Å². The summed E-state index contributed by atoms with van der Waals surface area (Å²) in [5, 5.41) is 12.3. The van der Waals surface area contributed by atoms with Gasteiger partial charge in [-0.1, -0.05) is 78.9 Å². The van der Waals surface area contributed by atoms with Crippen molar-refractivity contribution >= 4 is 18.0 Å². The summed E-state index contributed by atoms with van der Waals surface area (Å²) < 4.78 is 11.3. The highest BCUT2D eigenvalue weighted by molar-refractivity contribution is 5.82. The van der Waals surface area contributed by atoms with Crippen LogP contribution in [0, 0.1) is 5.92 Å². The number of aliphatic carboxylic acids is 1. The SMILES string of the molecule is O=C(O)CN(Cc1ccccc1)C(=O)CC1COCCC1NC(=O)OCC1c2ccccc2-c2ccccc21. The summed E-state index contributed by atoms with van der Waals surface area (Å²) in [5.74, 6) is -1.71. The fraction of sp³-hybridized carbons (Fsp3) is 0.323. The second-order valence-electron chi connectivity index (χ2n) is 10.0. The van der Waals surface area contributed by atoms with Gasteiger partial charge in [-0.25, -0.2) is 4.79 Å². The molecule has 1 aliphatic heterocycles. The molecule has 2 aliphatic rings. The van der Waals surface area contributed by atoms with E-state index in [1.54, 1.807) is 0 Å². The van der Waals surface area contributed by atoms with Crippen molar-refractivity contribution in [2.75, 3.05) is 26.4 Å². The van der Waals surface area contributed by atoms with Crippen molar-refractivity contribution in [1.82, 2.24) is 10.2 Å². The van der Waals surface area contributed by atoms with Crippen LogP contribution in [0.3, 0.4) is 0 Å². The number of carboxylic acids is 1. The zero-order valence-electron chi connectivity index (χ0n) is 21.6. The molecule has 2 N–H and O–H groups in total. The fourth-order valence-corrected chi connectivity index (χ4v) is 5.53. The Balaban J connectivity index is 1.20. The van der Waals surface area contributed by atoms with E-state index in [4.69, 9.17) is 9.47 Å². The van der Waals surface area contributed by atoms with Gasteiger partial charge >= 0.3 is 12.1 Å². The number of rotatable bonds is 9. The number of carboxylic acid groups (broad SMARTS) is 1. The lowest BCUT2D eigenvalue weighted by molar-refractivity contribution is -0.145. The Labute approximate surface area is 227 Å². The second kappa shape index (κ2) is 12.1. The lowest BCUT2D eigenvalue weighted by Crippen LogP contribution is -2.48. The van der Waals surface area contributed by atoms with Gasteiger partial charge in [-0.05, 0) is 34.2 Å². The van der Waals surface area contributed by atoms with E-state index in [1.807, 2.05) is 54.6 Å². The van der Waals surface area contributed by atoms with Gasteiger partial charge in [0.25, 0.3) is 0 Å². The molecule has 0 spiro atoms. The van der Waals surface area contributed by atoms with Crippen LogP contribution in [0.15, 0.2) is 78.9 Å². The van der Waals surface area contributed by atoms with E-state index in [0.717, 1.165) is 27.8 Å². The molecule has 3 aromatic carbocycles. The Kier molecular flexibility index (Phi) is 8.22. The molecule has 2 atom stereocenters. The van der Waals surface area contributed by atoms with E-state index < -0.39 is 18.6 Å². The minimum absolute atomic E-state index is 0.0437. The minimum atomic E-state index is -1.08. The van der Waals surface area contributed by atoms with E-state index in [-0.39, 0.29) is 43.4 Å². The number of benzene rings is 3. The Morgan fingerprint density at radius 1 is 0.923 bits per heavy atom. The van der Waals surface area contributed by atoms with Crippen LogP contribution < -0.4 is 5.32 Å². The molecule has 2 unspecified atom stereocenters. The van der Waals surface area contributed by atoms with Gasteiger partial charge in [0.15, 0.2) is 0 Å². The van der Waals surface area contributed by atoms with Gasteiger partial charge in [-0.2, -0.15) is 0 Å². The van der Waals surface area contributed by atoms with Crippen molar-refractivity contribution in [3.8, 4) is 11.1 Å². The Morgan fingerprint density at radius 3 is 2.23 bits per heavy atom. The quantitative estimate of drug-likeness (QED) is 0.426. The van der Waals surface area contributed by atoms with Crippen molar-refractivity contribution in [3.05, 3.63) is 95.6 Å². The number of hydrogen-bond donors (Lipinski definition) is 2. The van der Waals surface area contributed by atoms with Crippen LogP contribution in [0.25, 0.3) is 11.1 Å². The number of nitrogens with one attached hydrogen (secondary N) is 1. The molecule has 1 heterocycles. The summed E-state index contributed by atoms with van der Waals surface area (Å²) in [6.07, 6.45) is 0.0710. The molecular weight excluding hydrogens is 496 g/mol. The minimum Gasteiger partial charge on any atom is -0.480 e. The first kappa shape index (κ1) is 26.4. The summed E-state index contributed by atoms with van der Waals surface area (Å²) in [6.45, 7) is 0.764. The first-order valence-corrected chi connectivity index (χ1v) is 13.2. The van der Waals surface area contributed by atoms with Crippen LogP contribution in [0.2, 0.25) is 0 Å². The van der Waals surface area contributed by atoms with Gasteiger partial charge < -0.3 is 24.8 Å². The Morgan fingerprint density at radius 2 is 1.56 bits per heavy atom. The van der Waals surface area contributed by atoms with Crippen LogP contribution in [0.5, 0.6) is 0 Å². The van der Waals surface area contributed by atoms with Gasteiger partial charge in [-0.15, -0.1) is 0 Å². The highest BCUT2D eigenvalue weighted by Crippen LogP contribution is 2.44. The number of nitrogens with zero attached hydrogens (tertiary/aromatic N) is 1. The number of hydrogen-bond acceptors (Lipinski definition) is 5. The van der Waals surface area contributed by atoms with Gasteiger partial charge in [0.2, 0.25) is 5.91 Å². The van der Waals surface area contributed by atoms with Crippen molar-refractivity contribution in [2.45, 2.75) is 31.3 Å². The molecule has 39 heavy (non-hydrogen) atoms. The molecule has 0 saturated carbocycles. The molecule has 0 radical (unpaired) electrons. The largest absolute Gasteiger partial charge is 0.480 e. The number of carbonyl (C=O) groups is 3. The van der Waals surface area contributed by atoms with Gasteiger partial charge in [-0.3, -0.25) is 9.59 Å². The maximum absolute atomic E-state index is 13.2. The van der Waals surface area contributed by atoms with E-state index >= 15 is 0 Å². The van der Waals surface area contributed by atoms with Crippen LogP contribution in [-0.4, -0.2) is 60.4 Å². The normalized spacial score (nSPS) is 18.1. The van der Waals surface area contributed by atoms with Gasteiger partial charge in [0, 0.05) is 37.5 Å². The average Bonchev–Trinajstić information content (AvgIpc) is 3.26. The predicted molar refractivity (Wildman–Crippen MR) is 145 cm³/mol. The second-order valence-corrected chi connectivity index (χ2v) is 10.0. The molecule has 1 aliphatic carbocycles. The molecule has 8 nitrogen and oxygen atoms in total. The number of amides is 2. The first-order valence-electron chi connectivity index (χ1n) is 13.2. The van der Waals surface area contributed by atoms with E-state index in [0.29, 0.717) is 19.6 Å². The highest BCUT2D eigenvalue weighted by atomic mass is 16.5. The van der Waals surface area contributed by atoms with Crippen LogP contribution >= 0.6 is 0 Å². The van der Waals surface area contributed by atoms with Crippen molar-refractivity contribution in [3.63, 3.8) is 0 Å². The van der Waals surface area contributed by atoms with Crippen molar-refractivity contribution < 1.29 is 29.0 Å². The maximum Gasteiger partial charge on any atom is 0.407 e. The topological polar surface area (TPSA) is 105 Å². The Bertz CT molecular complexity index is 1280. The van der Waals surface area contributed by atoms with Crippen LogP contribution in [0.4, 0.5) is 4.79 Å². The maximum atomic E-state index is 13.2. The van der Waals surface area contributed by atoms with Crippen molar-refractivity contribution in [2.24, 2.45) is 5.92 Å². The summed E-state index contributed by atoms with van der Waals surface area (Å²) >= 11 is 0. The molecule has 202 valence electrons. The molecule has 0 aromatic heterocycles. The third-order valence-corrected chi connectivity index (χ3v) is 7.45. The van der Waals surface area contributed by atoms with Crippen LogP contribution in [0.1, 0.15) is 35.4 Å². The van der Waals surface area contributed by atoms with Crippen molar-refractivity contribution in [1.29, 1.82) is 0 Å². The summed E-state index contributed by atoms with van der Waals surface area (Å²) in [4.78, 5) is 38.9. The molecule has 3 aromatic rings. The summed E-state index contributed by atoms with van der Waals surface area (Å²) in [7, 11) is 0. The Hall–Kier alpha value is -4.17. The number of ether oxygens (including phenoxy) is 2. The van der Waals surface area contributed by atoms with E-state index in [1.165, 1.54) is 4.90 Å². The standard InChI is InChI=1S/C31H32N2O6/c34-29(33(18-30(35)36)17-21-8-2-1-3-9-21)16-22-19-38-15-14-28(22)32-31(37)39-20-27-25-12-6-4-10-23(25)24-11-5-7-13-26(24)27/h1-13,22,27-28H,14-20H2,(H,32,37)(H,35,36). The molecule has 2 amide bonds. The monoisotopic (exact) mass is 528 g/mol. The summed E-state index contributed by atoms with van der Waals surface area (Å²) in [6, 6.07) is 25.3. The first-order chi connectivity index (χ1) is 19.0. The average molecular weight is 529 g/mol. The molecular formula is C31H32N2O6. The zero-order chi connectivity index (χ0) is 27.2. The molecule has 5 rings (SSSR count).